The standard InChI is InChI=1S/C13H8O2S2/c14-13(15)8-5-6-11-12(7-8)17-10-4-2-1-3-9(10)16-11/h1-7H,(H,14,15)/p-1. The van der Waals surface area contributed by atoms with Crippen molar-refractivity contribution in [3.63, 3.8) is 0 Å². The molecule has 0 amide bonds. The monoisotopic (exact) mass is 259 g/mol. The number of carboxylic acid groups (broad SMARTS) is 1. The predicted molar refractivity (Wildman–Crippen MR) is 65.5 cm³/mol. The summed E-state index contributed by atoms with van der Waals surface area (Å²) in [5.41, 5.74) is 0.233. The third-order valence-electron chi connectivity index (χ3n) is 2.47. The van der Waals surface area contributed by atoms with Crippen LogP contribution in [0.15, 0.2) is 62.0 Å². The zero-order chi connectivity index (χ0) is 11.8. The molecule has 0 unspecified atom stereocenters. The van der Waals surface area contributed by atoms with Gasteiger partial charge in [0.15, 0.2) is 0 Å². The molecule has 4 heteroatoms. The van der Waals surface area contributed by atoms with Gasteiger partial charge in [0, 0.05) is 19.6 Å². The lowest BCUT2D eigenvalue weighted by atomic mass is 10.2. The van der Waals surface area contributed by atoms with Crippen LogP contribution in [0.3, 0.4) is 0 Å². The minimum Gasteiger partial charge on any atom is -0.545 e. The Bertz CT molecular complexity index is 608. The van der Waals surface area contributed by atoms with E-state index in [1.54, 1.807) is 35.7 Å². The first-order valence-corrected chi connectivity index (χ1v) is 6.67. The van der Waals surface area contributed by atoms with Gasteiger partial charge < -0.3 is 9.90 Å². The molecule has 0 aliphatic carbocycles. The van der Waals surface area contributed by atoms with Crippen LogP contribution in [0.2, 0.25) is 0 Å². The third kappa shape index (κ3) is 1.94. The first-order chi connectivity index (χ1) is 8.24. The maximum Gasteiger partial charge on any atom is 0.0715 e. The summed E-state index contributed by atoms with van der Waals surface area (Å²) in [5.74, 6) is -1.13. The van der Waals surface area contributed by atoms with Gasteiger partial charge in [-0.15, -0.1) is 0 Å². The smallest absolute Gasteiger partial charge is 0.0715 e. The molecule has 2 aromatic carbocycles. The number of rotatable bonds is 1. The number of benzene rings is 2. The van der Waals surface area contributed by atoms with Crippen molar-refractivity contribution in [3.05, 3.63) is 48.0 Å². The van der Waals surface area contributed by atoms with Gasteiger partial charge in [-0.25, -0.2) is 0 Å². The zero-order valence-electron chi connectivity index (χ0n) is 8.67. The van der Waals surface area contributed by atoms with E-state index in [9.17, 15) is 9.90 Å². The van der Waals surface area contributed by atoms with Gasteiger partial charge in [-0.1, -0.05) is 41.7 Å². The fourth-order valence-electron chi connectivity index (χ4n) is 1.65. The Kier molecular flexibility index (Phi) is 2.61. The highest BCUT2D eigenvalue weighted by atomic mass is 32.2. The maximum atomic E-state index is 10.8. The highest BCUT2D eigenvalue weighted by Gasteiger charge is 2.16. The van der Waals surface area contributed by atoms with Crippen LogP contribution in [0.1, 0.15) is 10.4 Å². The second kappa shape index (κ2) is 4.13. The van der Waals surface area contributed by atoms with E-state index in [1.807, 2.05) is 24.3 Å². The number of hydrogen-bond donors (Lipinski definition) is 0. The van der Waals surface area contributed by atoms with Crippen molar-refractivity contribution in [2.75, 3.05) is 0 Å². The van der Waals surface area contributed by atoms with E-state index < -0.39 is 5.97 Å². The molecule has 2 nitrogen and oxygen atoms in total. The van der Waals surface area contributed by atoms with E-state index in [1.165, 1.54) is 9.79 Å². The van der Waals surface area contributed by atoms with Crippen LogP contribution >= 0.6 is 23.5 Å². The molecule has 0 bridgehead atoms. The summed E-state index contributed by atoms with van der Waals surface area (Å²) in [6, 6.07) is 13.2. The highest BCUT2D eigenvalue weighted by molar-refractivity contribution is 8.05. The molecule has 84 valence electrons. The molecule has 0 fully saturated rings. The topological polar surface area (TPSA) is 40.1 Å². The Labute approximate surface area is 107 Å². The van der Waals surface area contributed by atoms with Gasteiger partial charge >= 0.3 is 0 Å². The SMILES string of the molecule is O=C([O-])c1ccc2c(c1)Sc1ccccc1S2. The molecular formula is C13H7O2S2-. The van der Waals surface area contributed by atoms with Crippen molar-refractivity contribution >= 4 is 29.5 Å². The normalized spacial score (nSPS) is 12.7. The quantitative estimate of drug-likeness (QED) is 0.673. The van der Waals surface area contributed by atoms with Crippen LogP contribution in [0.5, 0.6) is 0 Å². The zero-order valence-corrected chi connectivity index (χ0v) is 10.3. The Morgan fingerprint density at radius 2 is 1.47 bits per heavy atom. The molecule has 17 heavy (non-hydrogen) atoms. The van der Waals surface area contributed by atoms with Crippen molar-refractivity contribution in [2.24, 2.45) is 0 Å². The number of hydrogen-bond acceptors (Lipinski definition) is 4. The molecule has 1 heterocycles. The van der Waals surface area contributed by atoms with Crippen molar-refractivity contribution < 1.29 is 9.90 Å². The van der Waals surface area contributed by atoms with Crippen LogP contribution in [-0.2, 0) is 0 Å². The van der Waals surface area contributed by atoms with Crippen LogP contribution in [0, 0.1) is 0 Å². The van der Waals surface area contributed by atoms with Gasteiger partial charge in [-0.3, -0.25) is 0 Å². The number of aromatic carboxylic acids is 1. The molecule has 0 atom stereocenters. The number of carbonyl (C=O) groups is 1. The van der Waals surface area contributed by atoms with E-state index in [2.05, 4.69) is 6.07 Å². The summed E-state index contributed by atoms with van der Waals surface area (Å²) in [4.78, 5) is 15.3. The molecule has 0 radical (unpaired) electrons. The van der Waals surface area contributed by atoms with Gasteiger partial charge in [0.2, 0.25) is 0 Å². The molecule has 1 aliphatic heterocycles. The van der Waals surface area contributed by atoms with E-state index in [0.717, 1.165) is 9.79 Å². The highest BCUT2D eigenvalue weighted by Crippen LogP contribution is 2.48. The second-order valence-corrected chi connectivity index (χ2v) is 5.77. The van der Waals surface area contributed by atoms with Gasteiger partial charge in [0.25, 0.3) is 0 Å². The minimum atomic E-state index is -1.13. The average molecular weight is 259 g/mol. The number of carbonyl (C=O) groups excluding carboxylic acids is 1. The molecule has 0 saturated carbocycles. The fourth-order valence-corrected chi connectivity index (χ4v) is 3.91. The summed E-state index contributed by atoms with van der Waals surface area (Å²) >= 11 is 3.27. The number of fused-ring (bicyclic) bond motifs is 2. The molecule has 0 spiro atoms. The van der Waals surface area contributed by atoms with Crippen molar-refractivity contribution in [1.82, 2.24) is 0 Å². The molecule has 0 N–H and O–H groups in total. The van der Waals surface area contributed by atoms with Crippen LogP contribution in [-0.4, -0.2) is 5.97 Å². The summed E-state index contributed by atoms with van der Waals surface area (Å²) in [7, 11) is 0. The second-order valence-electron chi connectivity index (χ2n) is 3.60. The fraction of sp³-hybridized carbons (Fsp3) is 0. The molecule has 0 saturated heterocycles. The minimum absolute atomic E-state index is 0.233. The van der Waals surface area contributed by atoms with Crippen LogP contribution in [0.4, 0.5) is 0 Å². The Hall–Kier alpha value is -1.39. The van der Waals surface area contributed by atoms with Gasteiger partial charge in [0.1, 0.15) is 0 Å². The van der Waals surface area contributed by atoms with E-state index in [0.29, 0.717) is 0 Å². The molecule has 2 aromatic rings. The molecular weight excluding hydrogens is 252 g/mol. The maximum absolute atomic E-state index is 10.8. The summed E-state index contributed by atoms with van der Waals surface area (Å²) in [6.45, 7) is 0. The molecule has 3 rings (SSSR count). The third-order valence-corrected chi connectivity index (χ3v) is 5.01. The summed E-state index contributed by atoms with van der Waals surface area (Å²) in [6.07, 6.45) is 0. The lowest BCUT2D eigenvalue weighted by Crippen LogP contribution is -2.22. The van der Waals surface area contributed by atoms with Crippen molar-refractivity contribution in [3.8, 4) is 0 Å². The lowest BCUT2D eigenvalue weighted by molar-refractivity contribution is -0.255. The predicted octanol–water partition coefficient (Wildman–Crippen LogP) is 2.67. The van der Waals surface area contributed by atoms with Gasteiger partial charge in [-0.05, 0) is 29.8 Å². The van der Waals surface area contributed by atoms with E-state index >= 15 is 0 Å². The van der Waals surface area contributed by atoms with Crippen LogP contribution < -0.4 is 5.11 Å². The Morgan fingerprint density at radius 1 is 0.882 bits per heavy atom. The van der Waals surface area contributed by atoms with Gasteiger partial charge in [-0.2, -0.15) is 0 Å². The van der Waals surface area contributed by atoms with Crippen LogP contribution in [0.25, 0.3) is 0 Å². The van der Waals surface area contributed by atoms with E-state index in [-0.39, 0.29) is 5.56 Å². The summed E-state index contributed by atoms with van der Waals surface area (Å²) in [5, 5.41) is 10.8. The molecule has 1 aliphatic rings. The first kappa shape index (κ1) is 10.7. The van der Waals surface area contributed by atoms with Gasteiger partial charge in [0.05, 0.1) is 5.97 Å². The van der Waals surface area contributed by atoms with Crippen molar-refractivity contribution in [2.45, 2.75) is 19.6 Å². The Morgan fingerprint density at radius 3 is 2.12 bits per heavy atom. The average Bonchev–Trinajstić information content (AvgIpc) is 2.35. The largest absolute Gasteiger partial charge is 0.545 e. The summed E-state index contributed by atoms with van der Waals surface area (Å²) < 4.78 is 0. The number of carboxylic acids is 1. The Balaban J connectivity index is 2.06. The first-order valence-electron chi connectivity index (χ1n) is 5.04. The lowest BCUT2D eigenvalue weighted by Gasteiger charge is -2.18. The van der Waals surface area contributed by atoms with E-state index in [4.69, 9.17) is 0 Å². The molecule has 0 aromatic heterocycles. The van der Waals surface area contributed by atoms with Crippen molar-refractivity contribution in [1.29, 1.82) is 0 Å².